The predicted molar refractivity (Wildman–Crippen MR) is 85.4 cm³/mol. The van der Waals surface area contributed by atoms with Gasteiger partial charge in [0.05, 0.1) is 6.54 Å². The Morgan fingerprint density at radius 3 is 2.82 bits per heavy atom. The monoisotopic (exact) mass is 333 g/mol. The number of nitrogens with zero attached hydrogens (tertiary/aromatic N) is 1. The van der Waals surface area contributed by atoms with E-state index in [1.807, 2.05) is 11.9 Å². The quantitative estimate of drug-likeness (QED) is 0.889. The first kappa shape index (κ1) is 18.8. The molecule has 1 aliphatic heterocycles. The molecule has 4 nitrogen and oxygen atoms in total. The Hall–Kier alpha value is -1.24. The molecule has 2 rings (SSSR count). The van der Waals surface area contributed by atoms with E-state index in [-0.39, 0.29) is 30.5 Å². The first-order valence-electron chi connectivity index (χ1n) is 7.22. The topological polar surface area (TPSA) is 44.4 Å². The minimum absolute atomic E-state index is 0. The van der Waals surface area contributed by atoms with Crippen LogP contribution in [0, 0.1) is 11.6 Å². The number of carbonyl (C=O) groups is 1. The smallest absolute Gasteiger partial charge is 0.238 e. The van der Waals surface area contributed by atoms with E-state index in [0.717, 1.165) is 44.5 Å². The Balaban J connectivity index is 0.00000242. The van der Waals surface area contributed by atoms with Gasteiger partial charge in [-0.25, -0.2) is 8.78 Å². The van der Waals surface area contributed by atoms with Crippen molar-refractivity contribution >= 4 is 24.0 Å². The van der Waals surface area contributed by atoms with Gasteiger partial charge in [0, 0.05) is 17.8 Å². The zero-order chi connectivity index (χ0) is 15.2. The number of hydrogen-bond acceptors (Lipinski definition) is 3. The first-order valence-corrected chi connectivity index (χ1v) is 7.22. The van der Waals surface area contributed by atoms with Crippen LogP contribution in [0.5, 0.6) is 0 Å². The van der Waals surface area contributed by atoms with Crippen LogP contribution in [0.25, 0.3) is 0 Å². The summed E-state index contributed by atoms with van der Waals surface area (Å²) >= 11 is 0. The zero-order valence-corrected chi connectivity index (χ0v) is 13.4. The van der Waals surface area contributed by atoms with Crippen LogP contribution in [0.3, 0.4) is 0 Å². The van der Waals surface area contributed by atoms with Crippen molar-refractivity contribution < 1.29 is 13.6 Å². The maximum Gasteiger partial charge on any atom is 0.238 e. The van der Waals surface area contributed by atoms with Gasteiger partial charge in [-0.15, -0.1) is 12.4 Å². The molecule has 1 atom stereocenters. The third-order valence-electron chi connectivity index (χ3n) is 3.76. The molecule has 0 radical (unpaired) electrons. The fourth-order valence-corrected chi connectivity index (χ4v) is 2.57. The molecule has 0 aliphatic carbocycles. The SMILES string of the molecule is CN(CC(=O)Nc1ccc(F)c(F)c1)C1CCCNCC1.Cl. The number of hydrogen-bond donors (Lipinski definition) is 2. The van der Waals surface area contributed by atoms with Crippen molar-refractivity contribution in [1.82, 2.24) is 10.2 Å². The summed E-state index contributed by atoms with van der Waals surface area (Å²) in [4.78, 5) is 14.0. The number of rotatable bonds is 4. The number of nitrogens with one attached hydrogen (secondary N) is 2. The van der Waals surface area contributed by atoms with Crippen molar-refractivity contribution in [3.05, 3.63) is 29.8 Å². The van der Waals surface area contributed by atoms with E-state index in [9.17, 15) is 13.6 Å². The highest BCUT2D eigenvalue weighted by Crippen LogP contribution is 2.14. The lowest BCUT2D eigenvalue weighted by atomic mass is 10.1. The molecule has 1 saturated heterocycles. The largest absolute Gasteiger partial charge is 0.325 e. The maximum absolute atomic E-state index is 13.1. The summed E-state index contributed by atoms with van der Waals surface area (Å²) in [5.74, 6) is -2.10. The highest BCUT2D eigenvalue weighted by atomic mass is 35.5. The molecule has 1 aliphatic rings. The highest BCUT2D eigenvalue weighted by molar-refractivity contribution is 5.92. The fourth-order valence-electron chi connectivity index (χ4n) is 2.57. The summed E-state index contributed by atoms with van der Waals surface area (Å²) in [5, 5.41) is 5.93. The lowest BCUT2D eigenvalue weighted by molar-refractivity contribution is -0.117. The second-order valence-corrected chi connectivity index (χ2v) is 5.43. The van der Waals surface area contributed by atoms with Gasteiger partial charge in [0.1, 0.15) is 0 Å². The van der Waals surface area contributed by atoms with Gasteiger partial charge in [-0.3, -0.25) is 9.69 Å². The van der Waals surface area contributed by atoms with Crippen LogP contribution >= 0.6 is 12.4 Å². The van der Waals surface area contributed by atoms with E-state index in [4.69, 9.17) is 0 Å². The summed E-state index contributed by atoms with van der Waals surface area (Å²) < 4.78 is 25.9. The van der Waals surface area contributed by atoms with E-state index in [2.05, 4.69) is 10.6 Å². The van der Waals surface area contributed by atoms with Crippen molar-refractivity contribution in [1.29, 1.82) is 0 Å². The lowest BCUT2D eigenvalue weighted by Gasteiger charge is -2.26. The molecule has 124 valence electrons. The Kier molecular flexibility index (Phi) is 7.72. The molecule has 0 saturated carbocycles. The molecule has 0 aromatic heterocycles. The molecule has 0 bridgehead atoms. The molecule has 1 unspecified atom stereocenters. The number of carbonyl (C=O) groups excluding carboxylic acids is 1. The molecule has 7 heteroatoms. The van der Waals surface area contributed by atoms with Crippen LogP contribution in [0.2, 0.25) is 0 Å². The van der Waals surface area contributed by atoms with Crippen LogP contribution < -0.4 is 10.6 Å². The molecule has 1 heterocycles. The number of anilines is 1. The second-order valence-electron chi connectivity index (χ2n) is 5.43. The summed E-state index contributed by atoms with van der Waals surface area (Å²) in [5.41, 5.74) is 0.273. The summed E-state index contributed by atoms with van der Waals surface area (Å²) in [7, 11) is 1.92. The third kappa shape index (κ3) is 5.51. The standard InChI is InChI=1S/C15H21F2N3O.ClH/c1-20(12-3-2-7-18-8-6-12)10-15(21)19-11-4-5-13(16)14(17)9-11;/h4-5,9,12,18H,2-3,6-8,10H2,1H3,(H,19,21);1H. The molecule has 1 aromatic carbocycles. The van der Waals surface area contributed by atoms with Crippen LogP contribution in [-0.4, -0.2) is 43.5 Å². The van der Waals surface area contributed by atoms with Crippen molar-refractivity contribution in [2.75, 3.05) is 32.0 Å². The van der Waals surface area contributed by atoms with Gasteiger partial charge in [-0.2, -0.15) is 0 Å². The van der Waals surface area contributed by atoms with Gasteiger partial charge in [0.25, 0.3) is 0 Å². The summed E-state index contributed by atoms with van der Waals surface area (Å²) in [6.45, 7) is 2.22. The van der Waals surface area contributed by atoms with Gasteiger partial charge >= 0.3 is 0 Å². The van der Waals surface area contributed by atoms with E-state index >= 15 is 0 Å². The number of halogens is 3. The fraction of sp³-hybridized carbons (Fsp3) is 0.533. The van der Waals surface area contributed by atoms with Gasteiger partial charge in [-0.05, 0) is 51.5 Å². The average Bonchev–Trinajstić information content (AvgIpc) is 2.72. The van der Waals surface area contributed by atoms with Gasteiger partial charge in [0.15, 0.2) is 11.6 Å². The Bertz CT molecular complexity index is 494. The Labute approximate surface area is 135 Å². The number of amides is 1. The maximum atomic E-state index is 13.1. The van der Waals surface area contributed by atoms with Crippen LogP contribution in [0.4, 0.5) is 14.5 Å². The lowest BCUT2D eigenvalue weighted by Crippen LogP contribution is -2.38. The molecule has 22 heavy (non-hydrogen) atoms. The molecular weight excluding hydrogens is 312 g/mol. The molecule has 1 amide bonds. The number of likely N-dealkylation sites (N-methyl/N-ethyl adjacent to an activating group) is 1. The molecule has 2 N–H and O–H groups in total. The Morgan fingerprint density at radius 2 is 2.09 bits per heavy atom. The van der Waals surface area contributed by atoms with Crippen molar-refractivity contribution in [3.8, 4) is 0 Å². The number of benzene rings is 1. The molecule has 1 fully saturated rings. The Morgan fingerprint density at radius 1 is 1.32 bits per heavy atom. The van der Waals surface area contributed by atoms with Gasteiger partial charge in [-0.1, -0.05) is 0 Å². The minimum atomic E-state index is -0.962. The van der Waals surface area contributed by atoms with Crippen LogP contribution in [0.1, 0.15) is 19.3 Å². The second kappa shape index (κ2) is 9.02. The summed E-state index contributed by atoms with van der Waals surface area (Å²) in [6.07, 6.45) is 3.16. The van der Waals surface area contributed by atoms with E-state index in [1.54, 1.807) is 0 Å². The molecule has 1 aromatic rings. The zero-order valence-electron chi connectivity index (χ0n) is 12.6. The summed E-state index contributed by atoms with van der Waals surface area (Å²) in [6, 6.07) is 3.72. The predicted octanol–water partition coefficient (Wildman–Crippen LogP) is 2.40. The molecular formula is C15H22ClF2N3O. The van der Waals surface area contributed by atoms with Crippen molar-refractivity contribution in [2.45, 2.75) is 25.3 Å². The van der Waals surface area contributed by atoms with Crippen molar-refractivity contribution in [2.24, 2.45) is 0 Å². The van der Waals surface area contributed by atoms with Crippen LogP contribution in [0.15, 0.2) is 18.2 Å². The minimum Gasteiger partial charge on any atom is -0.325 e. The molecule has 0 spiro atoms. The van der Waals surface area contributed by atoms with E-state index in [1.165, 1.54) is 6.07 Å². The average molecular weight is 334 g/mol. The first-order chi connectivity index (χ1) is 10.1. The van der Waals surface area contributed by atoms with Gasteiger partial charge < -0.3 is 10.6 Å². The van der Waals surface area contributed by atoms with E-state index in [0.29, 0.717) is 6.04 Å². The van der Waals surface area contributed by atoms with Crippen LogP contribution in [-0.2, 0) is 4.79 Å². The van der Waals surface area contributed by atoms with E-state index < -0.39 is 11.6 Å². The normalized spacial score (nSPS) is 18.5. The highest BCUT2D eigenvalue weighted by Gasteiger charge is 2.19. The third-order valence-corrected chi connectivity index (χ3v) is 3.76. The van der Waals surface area contributed by atoms with Gasteiger partial charge in [0.2, 0.25) is 5.91 Å². The van der Waals surface area contributed by atoms with Crippen molar-refractivity contribution in [3.63, 3.8) is 0 Å².